The molecule has 2 aromatic rings. The summed E-state index contributed by atoms with van der Waals surface area (Å²) in [5, 5.41) is 2.82. The highest BCUT2D eigenvalue weighted by molar-refractivity contribution is 5.87. The lowest BCUT2D eigenvalue weighted by atomic mass is 10.1. The second-order valence-electron chi connectivity index (χ2n) is 7.08. The van der Waals surface area contributed by atoms with Gasteiger partial charge in [0.05, 0.1) is 14.2 Å². The number of carbonyl (C=O) groups excluding carboxylic acids is 2. The first-order chi connectivity index (χ1) is 14.5. The molecule has 162 valence electrons. The van der Waals surface area contributed by atoms with Crippen LogP contribution in [-0.2, 0) is 22.4 Å². The number of aryl methyl sites for hydroxylation is 1. The van der Waals surface area contributed by atoms with Crippen molar-refractivity contribution in [2.24, 2.45) is 0 Å². The first-order valence-corrected chi connectivity index (χ1v) is 10.3. The summed E-state index contributed by atoms with van der Waals surface area (Å²) in [7, 11) is 3.18. The van der Waals surface area contributed by atoms with Gasteiger partial charge in [0.2, 0.25) is 11.8 Å². The first kappa shape index (κ1) is 23.3. The third kappa shape index (κ3) is 6.51. The lowest BCUT2D eigenvalue weighted by Gasteiger charge is -2.28. The molecule has 1 unspecified atom stereocenters. The second-order valence-corrected chi connectivity index (χ2v) is 7.08. The normalized spacial score (nSPS) is 11.5. The van der Waals surface area contributed by atoms with E-state index in [0.29, 0.717) is 43.9 Å². The summed E-state index contributed by atoms with van der Waals surface area (Å²) in [5.41, 5.74) is 2.12. The molecule has 6 nitrogen and oxygen atoms in total. The molecule has 0 saturated heterocycles. The molecule has 0 aliphatic carbocycles. The van der Waals surface area contributed by atoms with Crippen LogP contribution in [0.2, 0.25) is 0 Å². The number of hydrogen-bond acceptors (Lipinski definition) is 4. The lowest BCUT2D eigenvalue weighted by Crippen LogP contribution is -2.48. The molecule has 2 aromatic carbocycles. The van der Waals surface area contributed by atoms with Gasteiger partial charge in [-0.05, 0) is 49.9 Å². The Morgan fingerprint density at radius 1 is 0.967 bits per heavy atom. The van der Waals surface area contributed by atoms with Crippen molar-refractivity contribution in [3.63, 3.8) is 0 Å². The van der Waals surface area contributed by atoms with Gasteiger partial charge in [-0.3, -0.25) is 9.59 Å². The standard InChI is InChI=1S/C24H32N2O4/c1-5-25-24(28)18(2)26(16-15-19-9-7-6-8-10-19)23(27)14-12-20-11-13-21(29-3)22(17-20)30-4/h6-11,13,17-18H,5,12,14-16H2,1-4H3,(H,25,28). The number of methoxy groups -OCH3 is 2. The third-order valence-corrected chi connectivity index (χ3v) is 5.08. The number of likely N-dealkylation sites (N-methyl/N-ethyl adjacent to an activating group) is 1. The summed E-state index contributed by atoms with van der Waals surface area (Å²) in [6, 6.07) is 15.1. The van der Waals surface area contributed by atoms with Gasteiger partial charge in [-0.1, -0.05) is 36.4 Å². The zero-order valence-corrected chi connectivity index (χ0v) is 18.3. The number of nitrogens with one attached hydrogen (secondary N) is 1. The summed E-state index contributed by atoms with van der Waals surface area (Å²) in [6.45, 7) is 4.69. The van der Waals surface area contributed by atoms with E-state index in [1.807, 2.05) is 55.5 Å². The molecule has 0 radical (unpaired) electrons. The minimum absolute atomic E-state index is 0.0422. The van der Waals surface area contributed by atoms with Crippen molar-refractivity contribution in [1.29, 1.82) is 0 Å². The molecule has 0 fully saturated rings. The van der Waals surface area contributed by atoms with E-state index in [9.17, 15) is 9.59 Å². The van der Waals surface area contributed by atoms with Crippen LogP contribution in [0.25, 0.3) is 0 Å². The minimum Gasteiger partial charge on any atom is -0.493 e. The number of benzene rings is 2. The number of carbonyl (C=O) groups is 2. The van der Waals surface area contributed by atoms with Crippen molar-refractivity contribution >= 4 is 11.8 Å². The van der Waals surface area contributed by atoms with E-state index in [2.05, 4.69) is 5.32 Å². The van der Waals surface area contributed by atoms with Gasteiger partial charge in [-0.2, -0.15) is 0 Å². The number of nitrogens with zero attached hydrogens (tertiary/aromatic N) is 1. The molecule has 6 heteroatoms. The maximum absolute atomic E-state index is 13.1. The lowest BCUT2D eigenvalue weighted by molar-refractivity contribution is -0.139. The summed E-state index contributed by atoms with van der Waals surface area (Å²) in [4.78, 5) is 27.1. The fraction of sp³-hybridized carbons (Fsp3) is 0.417. The molecule has 1 N–H and O–H groups in total. The molecule has 1 atom stereocenters. The average Bonchev–Trinajstić information content (AvgIpc) is 2.78. The van der Waals surface area contributed by atoms with Crippen molar-refractivity contribution in [3.8, 4) is 11.5 Å². The Balaban J connectivity index is 2.08. The smallest absolute Gasteiger partial charge is 0.242 e. The van der Waals surface area contributed by atoms with Gasteiger partial charge in [-0.15, -0.1) is 0 Å². The highest BCUT2D eigenvalue weighted by Crippen LogP contribution is 2.28. The van der Waals surface area contributed by atoms with E-state index in [1.54, 1.807) is 26.0 Å². The zero-order chi connectivity index (χ0) is 21.9. The Bertz CT molecular complexity index is 823. The molecule has 30 heavy (non-hydrogen) atoms. The topological polar surface area (TPSA) is 67.9 Å². The van der Waals surface area contributed by atoms with Gasteiger partial charge in [0.1, 0.15) is 6.04 Å². The molecule has 0 saturated carbocycles. The predicted octanol–water partition coefficient (Wildman–Crippen LogP) is 3.23. The summed E-state index contributed by atoms with van der Waals surface area (Å²) in [6.07, 6.45) is 1.57. The maximum atomic E-state index is 13.1. The Kier molecular flexibility index (Phi) is 9.19. The molecule has 0 bridgehead atoms. The van der Waals surface area contributed by atoms with Gasteiger partial charge in [0, 0.05) is 19.5 Å². The molecule has 2 rings (SSSR count). The molecular weight excluding hydrogens is 380 g/mol. The summed E-state index contributed by atoms with van der Waals surface area (Å²) in [5.74, 6) is 1.12. The predicted molar refractivity (Wildman–Crippen MR) is 118 cm³/mol. The Labute approximate surface area is 179 Å². The van der Waals surface area contributed by atoms with E-state index in [1.165, 1.54) is 0 Å². The van der Waals surface area contributed by atoms with Crippen LogP contribution < -0.4 is 14.8 Å². The first-order valence-electron chi connectivity index (χ1n) is 10.3. The highest BCUT2D eigenvalue weighted by atomic mass is 16.5. The van der Waals surface area contributed by atoms with Crippen LogP contribution in [0, 0.1) is 0 Å². The quantitative estimate of drug-likeness (QED) is 0.615. The van der Waals surface area contributed by atoms with Gasteiger partial charge in [0.15, 0.2) is 11.5 Å². The molecule has 0 aliphatic heterocycles. The van der Waals surface area contributed by atoms with Crippen molar-refractivity contribution in [2.75, 3.05) is 27.3 Å². The Hall–Kier alpha value is -3.02. The number of amides is 2. The minimum atomic E-state index is -0.522. The van der Waals surface area contributed by atoms with Gasteiger partial charge >= 0.3 is 0 Å². The van der Waals surface area contributed by atoms with E-state index in [-0.39, 0.29) is 11.8 Å². The van der Waals surface area contributed by atoms with Crippen LogP contribution in [0.4, 0.5) is 0 Å². The largest absolute Gasteiger partial charge is 0.493 e. The fourth-order valence-corrected chi connectivity index (χ4v) is 3.32. The van der Waals surface area contributed by atoms with Crippen LogP contribution in [0.1, 0.15) is 31.4 Å². The molecule has 0 spiro atoms. The fourth-order valence-electron chi connectivity index (χ4n) is 3.32. The van der Waals surface area contributed by atoms with Crippen molar-refractivity contribution in [1.82, 2.24) is 10.2 Å². The van der Waals surface area contributed by atoms with Gasteiger partial charge in [0.25, 0.3) is 0 Å². The summed E-state index contributed by atoms with van der Waals surface area (Å²) < 4.78 is 10.6. The van der Waals surface area contributed by atoms with E-state index >= 15 is 0 Å². The monoisotopic (exact) mass is 412 g/mol. The Morgan fingerprint density at radius 3 is 2.30 bits per heavy atom. The van der Waals surface area contributed by atoms with E-state index < -0.39 is 6.04 Å². The van der Waals surface area contributed by atoms with Gasteiger partial charge in [-0.25, -0.2) is 0 Å². The number of rotatable bonds is 11. The molecule has 2 amide bonds. The average molecular weight is 413 g/mol. The van der Waals surface area contributed by atoms with Crippen LogP contribution in [0.5, 0.6) is 11.5 Å². The highest BCUT2D eigenvalue weighted by Gasteiger charge is 2.25. The number of hydrogen-bond donors (Lipinski definition) is 1. The molecular formula is C24H32N2O4. The van der Waals surface area contributed by atoms with Gasteiger partial charge < -0.3 is 19.7 Å². The zero-order valence-electron chi connectivity index (χ0n) is 18.3. The second kappa shape index (κ2) is 11.9. The van der Waals surface area contributed by atoms with Crippen molar-refractivity contribution in [2.45, 2.75) is 39.2 Å². The summed E-state index contributed by atoms with van der Waals surface area (Å²) >= 11 is 0. The Morgan fingerprint density at radius 2 is 1.67 bits per heavy atom. The van der Waals surface area contributed by atoms with E-state index in [4.69, 9.17) is 9.47 Å². The van der Waals surface area contributed by atoms with Crippen molar-refractivity contribution < 1.29 is 19.1 Å². The maximum Gasteiger partial charge on any atom is 0.242 e. The van der Waals surface area contributed by atoms with Crippen LogP contribution >= 0.6 is 0 Å². The van der Waals surface area contributed by atoms with E-state index in [0.717, 1.165) is 11.1 Å². The number of ether oxygens (including phenoxy) is 2. The molecule has 0 aromatic heterocycles. The molecule has 0 aliphatic rings. The van der Waals surface area contributed by atoms with Crippen molar-refractivity contribution in [3.05, 3.63) is 59.7 Å². The van der Waals surface area contributed by atoms with Crippen LogP contribution in [0.15, 0.2) is 48.5 Å². The molecule has 0 heterocycles. The van der Waals surface area contributed by atoms with Crippen LogP contribution in [0.3, 0.4) is 0 Å². The van der Waals surface area contributed by atoms with Crippen LogP contribution in [-0.4, -0.2) is 50.1 Å². The SMILES string of the molecule is CCNC(=O)C(C)N(CCc1ccccc1)C(=O)CCc1ccc(OC)c(OC)c1. The third-order valence-electron chi connectivity index (χ3n) is 5.08.